The number of furan rings is 1. The van der Waals surface area contributed by atoms with Crippen LogP contribution in [0.15, 0.2) is 29.1 Å². The second-order valence-corrected chi connectivity index (χ2v) is 3.88. The fraction of sp³-hybridized carbons (Fsp3) is 0.333. The topological polar surface area (TPSA) is 62.1 Å². The summed E-state index contributed by atoms with van der Waals surface area (Å²) in [7, 11) is 1.77. The molecule has 0 saturated carbocycles. The van der Waals surface area contributed by atoms with E-state index in [1.54, 1.807) is 36.7 Å². The molecule has 0 atom stereocenters. The average molecular weight is 233 g/mol. The molecule has 2 aromatic rings. The van der Waals surface area contributed by atoms with Crippen molar-refractivity contribution >= 4 is 5.91 Å². The molecule has 0 spiro atoms. The maximum absolute atomic E-state index is 12.1. The molecule has 0 aliphatic carbocycles. The standard InChI is InChI=1S/C12H15N3O2/c1-3-11-10(4-5-17-11)12(16)15(2)8-9-6-13-14-7-9/h4-7H,3,8H2,1-2H3,(H,13,14). The number of aryl methyl sites for hydroxylation is 1. The number of rotatable bonds is 4. The highest BCUT2D eigenvalue weighted by molar-refractivity contribution is 5.94. The minimum Gasteiger partial charge on any atom is -0.469 e. The van der Waals surface area contributed by atoms with Crippen molar-refractivity contribution in [3.63, 3.8) is 0 Å². The Bertz CT molecular complexity index is 488. The van der Waals surface area contributed by atoms with Crippen LogP contribution in [0.25, 0.3) is 0 Å². The number of nitrogens with zero attached hydrogens (tertiary/aromatic N) is 2. The third-order valence-corrected chi connectivity index (χ3v) is 2.62. The van der Waals surface area contributed by atoms with Gasteiger partial charge in [-0.2, -0.15) is 5.10 Å². The van der Waals surface area contributed by atoms with Gasteiger partial charge in [0.15, 0.2) is 0 Å². The van der Waals surface area contributed by atoms with Gasteiger partial charge in [0.1, 0.15) is 5.76 Å². The molecule has 2 rings (SSSR count). The second kappa shape index (κ2) is 4.86. The van der Waals surface area contributed by atoms with Crippen LogP contribution in [0, 0.1) is 0 Å². The monoisotopic (exact) mass is 233 g/mol. The van der Waals surface area contributed by atoms with Crippen molar-refractivity contribution in [1.29, 1.82) is 0 Å². The average Bonchev–Trinajstić information content (AvgIpc) is 2.97. The molecular formula is C12H15N3O2. The summed E-state index contributed by atoms with van der Waals surface area (Å²) in [6.07, 6.45) is 5.76. The van der Waals surface area contributed by atoms with Gasteiger partial charge >= 0.3 is 0 Å². The summed E-state index contributed by atoms with van der Waals surface area (Å²) in [6.45, 7) is 2.50. The van der Waals surface area contributed by atoms with Crippen molar-refractivity contribution in [1.82, 2.24) is 15.1 Å². The van der Waals surface area contributed by atoms with Crippen LogP contribution in [0.4, 0.5) is 0 Å². The highest BCUT2D eigenvalue weighted by Crippen LogP contribution is 2.14. The minimum atomic E-state index is -0.0307. The number of hydrogen-bond donors (Lipinski definition) is 1. The van der Waals surface area contributed by atoms with E-state index in [9.17, 15) is 4.79 Å². The third kappa shape index (κ3) is 2.38. The normalized spacial score (nSPS) is 10.5. The summed E-state index contributed by atoms with van der Waals surface area (Å²) >= 11 is 0. The summed E-state index contributed by atoms with van der Waals surface area (Å²) < 4.78 is 5.25. The molecule has 0 saturated heterocycles. The molecule has 1 amide bonds. The van der Waals surface area contributed by atoms with Crippen LogP contribution in [-0.4, -0.2) is 28.1 Å². The van der Waals surface area contributed by atoms with Crippen molar-refractivity contribution in [2.24, 2.45) is 0 Å². The maximum atomic E-state index is 12.1. The zero-order valence-electron chi connectivity index (χ0n) is 9.93. The first-order chi connectivity index (χ1) is 8.22. The predicted octanol–water partition coefficient (Wildman–Crippen LogP) is 1.84. The molecule has 5 heteroatoms. The number of aromatic amines is 1. The van der Waals surface area contributed by atoms with Gasteiger partial charge in [0.25, 0.3) is 5.91 Å². The quantitative estimate of drug-likeness (QED) is 0.876. The lowest BCUT2D eigenvalue weighted by Gasteiger charge is -2.15. The van der Waals surface area contributed by atoms with Crippen LogP contribution < -0.4 is 0 Å². The van der Waals surface area contributed by atoms with Crippen LogP contribution in [-0.2, 0) is 13.0 Å². The third-order valence-electron chi connectivity index (χ3n) is 2.62. The predicted molar refractivity (Wildman–Crippen MR) is 62.5 cm³/mol. The number of H-pyrrole nitrogens is 1. The van der Waals surface area contributed by atoms with Crippen LogP contribution in [0.1, 0.15) is 28.6 Å². The number of amides is 1. The molecule has 0 aliphatic rings. The largest absolute Gasteiger partial charge is 0.469 e. The van der Waals surface area contributed by atoms with Crippen molar-refractivity contribution in [2.75, 3.05) is 7.05 Å². The number of nitrogens with one attached hydrogen (secondary N) is 1. The van der Waals surface area contributed by atoms with Gasteiger partial charge in [0.05, 0.1) is 18.0 Å². The van der Waals surface area contributed by atoms with E-state index in [1.807, 2.05) is 6.92 Å². The fourth-order valence-corrected chi connectivity index (χ4v) is 1.72. The summed E-state index contributed by atoms with van der Waals surface area (Å²) in [5.74, 6) is 0.700. The van der Waals surface area contributed by atoms with Crippen LogP contribution in [0.5, 0.6) is 0 Å². The molecule has 1 N–H and O–H groups in total. The summed E-state index contributed by atoms with van der Waals surface area (Å²) in [5, 5.41) is 6.57. The molecule has 0 fully saturated rings. The van der Waals surface area contributed by atoms with Crippen LogP contribution >= 0.6 is 0 Å². The molecule has 0 aliphatic heterocycles. The number of carbonyl (C=O) groups is 1. The van der Waals surface area contributed by atoms with E-state index in [-0.39, 0.29) is 5.91 Å². The van der Waals surface area contributed by atoms with Gasteiger partial charge in [-0.05, 0) is 6.07 Å². The molecule has 0 bridgehead atoms. The Morgan fingerprint density at radius 1 is 1.59 bits per heavy atom. The van der Waals surface area contributed by atoms with Crippen molar-refractivity contribution < 1.29 is 9.21 Å². The number of hydrogen-bond acceptors (Lipinski definition) is 3. The van der Waals surface area contributed by atoms with Crippen LogP contribution in [0.3, 0.4) is 0 Å². The van der Waals surface area contributed by atoms with Gasteiger partial charge in [0.2, 0.25) is 0 Å². The molecule has 2 heterocycles. The van der Waals surface area contributed by atoms with Crippen LogP contribution in [0.2, 0.25) is 0 Å². The Morgan fingerprint density at radius 3 is 3.06 bits per heavy atom. The molecular weight excluding hydrogens is 218 g/mol. The maximum Gasteiger partial charge on any atom is 0.257 e. The summed E-state index contributed by atoms with van der Waals surface area (Å²) in [4.78, 5) is 13.8. The van der Waals surface area contributed by atoms with E-state index in [4.69, 9.17) is 4.42 Å². The Morgan fingerprint density at radius 2 is 2.41 bits per heavy atom. The smallest absolute Gasteiger partial charge is 0.257 e. The molecule has 2 aromatic heterocycles. The first-order valence-electron chi connectivity index (χ1n) is 5.52. The minimum absolute atomic E-state index is 0.0307. The van der Waals surface area contributed by atoms with Crippen molar-refractivity contribution in [2.45, 2.75) is 19.9 Å². The second-order valence-electron chi connectivity index (χ2n) is 3.88. The summed E-state index contributed by atoms with van der Waals surface area (Å²) in [5.41, 5.74) is 1.61. The van der Waals surface area contributed by atoms with Gasteiger partial charge in [-0.3, -0.25) is 9.89 Å². The SMILES string of the molecule is CCc1occc1C(=O)N(C)Cc1cn[nH]c1. The lowest BCUT2D eigenvalue weighted by Crippen LogP contribution is -2.26. The van der Waals surface area contributed by atoms with Crippen molar-refractivity contribution in [3.05, 3.63) is 41.6 Å². The van der Waals surface area contributed by atoms with E-state index in [2.05, 4.69) is 10.2 Å². The summed E-state index contributed by atoms with van der Waals surface area (Å²) in [6, 6.07) is 1.72. The lowest BCUT2D eigenvalue weighted by atomic mass is 10.2. The first kappa shape index (κ1) is 11.4. The highest BCUT2D eigenvalue weighted by Gasteiger charge is 2.17. The zero-order chi connectivity index (χ0) is 12.3. The number of aromatic nitrogens is 2. The van der Waals surface area contributed by atoms with Crippen molar-refractivity contribution in [3.8, 4) is 0 Å². The van der Waals surface area contributed by atoms with E-state index in [1.165, 1.54) is 0 Å². The molecule has 17 heavy (non-hydrogen) atoms. The van der Waals surface area contributed by atoms with Gasteiger partial charge < -0.3 is 9.32 Å². The van der Waals surface area contributed by atoms with E-state index in [0.29, 0.717) is 18.5 Å². The molecule has 5 nitrogen and oxygen atoms in total. The molecule has 90 valence electrons. The molecule has 0 radical (unpaired) electrons. The van der Waals surface area contributed by atoms with E-state index < -0.39 is 0 Å². The van der Waals surface area contributed by atoms with E-state index >= 15 is 0 Å². The first-order valence-corrected chi connectivity index (χ1v) is 5.52. The molecule has 0 unspecified atom stereocenters. The zero-order valence-corrected chi connectivity index (χ0v) is 9.93. The molecule has 0 aromatic carbocycles. The number of carbonyl (C=O) groups excluding carboxylic acids is 1. The highest BCUT2D eigenvalue weighted by atomic mass is 16.3. The van der Waals surface area contributed by atoms with Gasteiger partial charge in [-0.25, -0.2) is 0 Å². The van der Waals surface area contributed by atoms with Gasteiger partial charge in [-0.1, -0.05) is 6.92 Å². The van der Waals surface area contributed by atoms with Gasteiger partial charge in [-0.15, -0.1) is 0 Å². The Balaban J connectivity index is 2.09. The Labute approximate surface area is 99.4 Å². The Hall–Kier alpha value is -2.04. The Kier molecular flexibility index (Phi) is 3.27. The van der Waals surface area contributed by atoms with Gasteiger partial charge in [0, 0.05) is 31.8 Å². The van der Waals surface area contributed by atoms with E-state index in [0.717, 1.165) is 11.3 Å². The fourth-order valence-electron chi connectivity index (χ4n) is 1.72. The lowest BCUT2D eigenvalue weighted by molar-refractivity contribution is 0.0783.